The van der Waals surface area contributed by atoms with Crippen LogP contribution in [0.3, 0.4) is 0 Å². The number of nitrogens with zero attached hydrogens (tertiary/aromatic N) is 3. The van der Waals surface area contributed by atoms with Crippen molar-refractivity contribution in [3.8, 4) is 0 Å². The fraction of sp³-hybridized carbons (Fsp3) is 0.833. The number of carboxylic acids is 1. The van der Waals surface area contributed by atoms with Crippen molar-refractivity contribution in [2.45, 2.75) is 44.3 Å². The number of rotatable bonds is 1. The Morgan fingerprint density at radius 2 is 1.55 bits per heavy atom. The number of carboxylic acid groups (broad SMARTS) is 1. The number of likely N-dealkylation sites (tertiary alicyclic amines) is 3. The molecule has 0 unspecified atom stereocenters. The Labute approximate surface area is 168 Å². The van der Waals surface area contributed by atoms with E-state index in [2.05, 4.69) is 22.2 Å². The summed E-state index contributed by atoms with van der Waals surface area (Å²) in [6.45, 7) is 4.24. The number of carbonyl (C=O) groups excluding carboxylic acids is 2. The minimum atomic E-state index is -5.08. The van der Waals surface area contributed by atoms with Gasteiger partial charge in [-0.2, -0.15) is 13.2 Å². The Morgan fingerprint density at radius 3 is 2.07 bits per heavy atom. The maximum Gasteiger partial charge on any atom is 0.490 e. The molecule has 3 aliphatic rings. The van der Waals surface area contributed by atoms with Gasteiger partial charge in [-0.3, -0.25) is 4.79 Å². The number of hydrogen-bond donors (Lipinski definition) is 2. The zero-order valence-corrected chi connectivity index (χ0v) is 16.8. The standard InChI is InChI=1S/C16H28N4O2.C2HF3O2/c1-17-15(22)20-10-5-13-16(7-12-20,6-11-18(13)2)14(21)19-8-3-4-9-19;3-2(4,5)1(6)7/h13H,3-12H2,1-2H3,(H,17,22);(H,6,7)/t13-,16-;/m1./s1. The molecule has 29 heavy (non-hydrogen) atoms. The second-order valence-electron chi connectivity index (χ2n) is 7.79. The van der Waals surface area contributed by atoms with Crippen molar-refractivity contribution >= 4 is 17.9 Å². The lowest BCUT2D eigenvalue weighted by Gasteiger charge is -2.37. The van der Waals surface area contributed by atoms with Gasteiger partial charge in [0.05, 0.1) is 5.41 Å². The zero-order chi connectivity index (χ0) is 21.8. The molecule has 11 heteroatoms. The van der Waals surface area contributed by atoms with E-state index in [1.54, 1.807) is 7.05 Å². The molecule has 3 aliphatic heterocycles. The number of urea groups is 1. The molecule has 8 nitrogen and oxygen atoms in total. The van der Waals surface area contributed by atoms with Gasteiger partial charge >= 0.3 is 18.2 Å². The highest BCUT2D eigenvalue weighted by Crippen LogP contribution is 2.44. The molecule has 0 aromatic carbocycles. The van der Waals surface area contributed by atoms with E-state index in [-0.39, 0.29) is 17.5 Å². The first-order valence-electron chi connectivity index (χ1n) is 9.79. The number of halogens is 3. The molecule has 2 N–H and O–H groups in total. The Balaban J connectivity index is 0.000000370. The second-order valence-corrected chi connectivity index (χ2v) is 7.79. The van der Waals surface area contributed by atoms with E-state index < -0.39 is 12.1 Å². The third-order valence-electron chi connectivity index (χ3n) is 6.14. The highest BCUT2D eigenvalue weighted by atomic mass is 19.4. The van der Waals surface area contributed by atoms with Crippen LogP contribution >= 0.6 is 0 Å². The molecule has 166 valence electrons. The van der Waals surface area contributed by atoms with E-state index in [4.69, 9.17) is 9.90 Å². The molecule has 3 amide bonds. The monoisotopic (exact) mass is 422 g/mol. The van der Waals surface area contributed by atoms with Crippen LogP contribution in [-0.4, -0.2) is 96.8 Å². The normalized spacial score (nSPS) is 27.6. The van der Waals surface area contributed by atoms with Crippen LogP contribution < -0.4 is 5.32 Å². The maximum absolute atomic E-state index is 13.2. The summed E-state index contributed by atoms with van der Waals surface area (Å²) in [5, 5.41) is 9.84. The van der Waals surface area contributed by atoms with Crippen molar-refractivity contribution in [2.24, 2.45) is 5.41 Å². The molecule has 0 bridgehead atoms. The summed E-state index contributed by atoms with van der Waals surface area (Å²) in [6, 6.07) is 0.252. The summed E-state index contributed by atoms with van der Waals surface area (Å²) in [4.78, 5) is 40.4. The molecule has 0 radical (unpaired) electrons. The van der Waals surface area contributed by atoms with E-state index in [1.165, 1.54) is 0 Å². The molecule has 3 rings (SSSR count). The summed E-state index contributed by atoms with van der Waals surface area (Å²) >= 11 is 0. The first kappa shape index (κ1) is 23.2. The number of aliphatic carboxylic acids is 1. The van der Waals surface area contributed by atoms with Crippen LogP contribution in [0.25, 0.3) is 0 Å². The van der Waals surface area contributed by atoms with Gasteiger partial charge in [0.25, 0.3) is 0 Å². The van der Waals surface area contributed by atoms with Gasteiger partial charge in [-0.15, -0.1) is 0 Å². The minimum Gasteiger partial charge on any atom is -0.475 e. The van der Waals surface area contributed by atoms with Crippen molar-refractivity contribution in [3.05, 3.63) is 0 Å². The van der Waals surface area contributed by atoms with Crippen LogP contribution in [0.4, 0.5) is 18.0 Å². The molecule has 0 spiro atoms. The summed E-state index contributed by atoms with van der Waals surface area (Å²) < 4.78 is 31.7. The van der Waals surface area contributed by atoms with Gasteiger partial charge in [-0.1, -0.05) is 0 Å². The highest BCUT2D eigenvalue weighted by molar-refractivity contribution is 5.84. The quantitative estimate of drug-likeness (QED) is 0.666. The largest absolute Gasteiger partial charge is 0.490 e. The van der Waals surface area contributed by atoms with Crippen molar-refractivity contribution < 1.29 is 32.7 Å². The second kappa shape index (κ2) is 9.19. The summed E-state index contributed by atoms with van der Waals surface area (Å²) in [6.07, 6.45) is -0.196. The van der Waals surface area contributed by atoms with Crippen LogP contribution in [-0.2, 0) is 9.59 Å². The number of amides is 3. The third-order valence-corrected chi connectivity index (χ3v) is 6.14. The van der Waals surface area contributed by atoms with Gasteiger partial charge in [0.1, 0.15) is 0 Å². The van der Waals surface area contributed by atoms with Gasteiger partial charge in [0, 0.05) is 39.3 Å². The topological polar surface area (TPSA) is 93.2 Å². The molecule has 0 saturated carbocycles. The van der Waals surface area contributed by atoms with Crippen LogP contribution in [0.2, 0.25) is 0 Å². The summed E-state index contributed by atoms with van der Waals surface area (Å²) in [7, 11) is 3.80. The van der Waals surface area contributed by atoms with Crippen molar-refractivity contribution in [1.29, 1.82) is 0 Å². The van der Waals surface area contributed by atoms with Gasteiger partial charge < -0.3 is 25.1 Å². The Bertz CT molecular complexity index is 625. The first-order chi connectivity index (χ1) is 13.5. The zero-order valence-electron chi connectivity index (χ0n) is 16.8. The van der Waals surface area contributed by atoms with E-state index in [0.717, 1.165) is 58.3 Å². The molecule has 3 saturated heterocycles. The van der Waals surface area contributed by atoms with E-state index in [0.29, 0.717) is 12.5 Å². The Hall–Kier alpha value is -2.04. The third kappa shape index (κ3) is 5.12. The van der Waals surface area contributed by atoms with Gasteiger partial charge in [-0.25, -0.2) is 9.59 Å². The van der Waals surface area contributed by atoms with E-state index >= 15 is 0 Å². The van der Waals surface area contributed by atoms with Gasteiger partial charge in [0.2, 0.25) is 5.91 Å². The molecular weight excluding hydrogens is 393 g/mol. The number of fused-ring (bicyclic) bond motifs is 1. The number of hydrogen-bond acceptors (Lipinski definition) is 4. The number of alkyl halides is 3. The maximum atomic E-state index is 13.2. The fourth-order valence-corrected chi connectivity index (χ4v) is 4.59. The SMILES string of the molecule is CNC(=O)N1CC[C@H]2N(C)CC[C@@]2(C(=O)N2CCCC2)CC1.O=C(O)C(F)(F)F. The fourth-order valence-electron chi connectivity index (χ4n) is 4.59. The van der Waals surface area contributed by atoms with Crippen LogP contribution in [0, 0.1) is 5.41 Å². The van der Waals surface area contributed by atoms with Crippen molar-refractivity contribution in [2.75, 3.05) is 46.8 Å². The summed E-state index contributed by atoms with van der Waals surface area (Å²) in [5.74, 6) is -2.41. The predicted octanol–water partition coefficient (Wildman–Crippen LogP) is 1.37. The Kier molecular flexibility index (Phi) is 7.36. The lowest BCUT2D eigenvalue weighted by Crippen LogP contribution is -2.49. The molecular formula is C18H29F3N4O4. The molecule has 2 atom stereocenters. The molecule has 3 heterocycles. The molecule has 0 aliphatic carbocycles. The average molecular weight is 422 g/mol. The van der Waals surface area contributed by atoms with Crippen LogP contribution in [0.1, 0.15) is 32.1 Å². The minimum absolute atomic E-state index is 0.0219. The summed E-state index contributed by atoms with van der Waals surface area (Å²) in [5.41, 5.74) is -0.276. The van der Waals surface area contributed by atoms with Crippen molar-refractivity contribution in [1.82, 2.24) is 20.0 Å². The lowest BCUT2D eigenvalue weighted by atomic mass is 9.75. The van der Waals surface area contributed by atoms with E-state index in [1.807, 2.05) is 4.90 Å². The van der Waals surface area contributed by atoms with Crippen LogP contribution in [0.5, 0.6) is 0 Å². The molecule has 0 aromatic rings. The number of nitrogens with one attached hydrogen (secondary N) is 1. The molecule has 3 fully saturated rings. The predicted molar refractivity (Wildman–Crippen MR) is 98.2 cm³/mol. The average Bonchev–Trinajstić information content (AvgIpc) is 3.25. The Morgan fingerprint density at radius 1 is 1.00 bits per heavy atom. The lowest BCUT2D eigenvalue weighted by molar-refractivity contribution is -0.192. The number of carbonyl (C=O) groups is 3. The van der Waals surface area contributed by atoms with E-state index in [9.17, 15) is 22.8 Å². The van der Waals surface area contributed by atoms with Gasteiger partial charge in [0.15, 0.2) is 0 Å². The smallest absolute Gasteiger partial charge is 0.475 e. The van der Waals surface area contributed by atoms with Gasteiger partial charge in [-0.05, 0) is 45.7 Å². The van der Waals surface area contributed by atoms with Crippen molar-refractivity contribution in [3.63, 3.8) is 0 Å². The first-order valence-corrected chi connectivity index (χ1v) is 9.79. The molecule has 0 aromatic heterocycles. The van der Waals surface area contributed by atoms with Crippen LogP contribution in [0.15, 0.2) is 0 Å². The highest BCUT2D eigenvalue weighted by Gasteiger charge is 2.54.